The van der Waals surface area contributed by atoms with E-state index in [-0.39, 0.29) is 5.69 Å². The molecule has 0 spiro atoms. The minimum Gasteiger partial charge on any atom is -0.398 e. The average molecular weight is 432 g/mol. The Hall–Kier alpha value is -2.91. The first-order valence-electron chi connectivity index (χ1n) is 9.30. The molecule has 0 saturated heterocycles. The number of carbonyl (C=O) groups is 1. The van der Waals surface area contributed by atoms with Crippen molar-refractivity contribution in [2.24, 2.45) is 0 Å². The Balaban J connectivity index is 1.46. The molecule has 0 atom stereocenters. The molecule has 9 heteroatoms. The first-order valence-corrected chi connectivity index (χ1v) is 10.2. The highest BCUT2D eigenvalue weighted by Crippen LogP contribution is 2.32. The predicted molar refractivity (Wildman–Crippen MR) is 110 cm³/mol. The van der Waals surface area contributed by atoms with Crippen LogP contribution >= 0.6 is 11.3 Å². The molecule has 1 amide bonds. The molecule has 1 aromatic carbocycles. The number of carbonyl (C=O) groups excluding carboxylic acids is 1. The van der Waals surface area contributed by atoms with E-state index in [0.717, 1.165) is 34.7 Å². The van der Waals surface area contributed by atoms with Crippen molar-refractivity contribution in [1.29, 1.82) is 0 Å². The van der Waals surface area contributed by atoms with Crippen LogP contribution in [0.1, 0.15) is 31.9 Å². The smallest absolute Gasteiger partial charge is 0.398 e. The summed E-state index contributed by atoms with van der Waals surface area (Å²) < 4.78 is 38.7. The number of nitrogens with two attached hydrogens (primary N) is 1. The molecule has 30 heavy (non-hydrogen) atoms. The lowest BCUT2D eigenvalue weighted by molar-refractivity contribution is -0.137. The number of fused-ring (bicyclic) bond motifs is 1. The first kappa shape index (κ1) is 20.4. The summed E-state index contributed by atoms with van der Waals surface area (Å²) in [6.07, 6.45) is -0.358. The van der Waals surface area contributed by atoms with Crippen LogP contribution in [0.2, 0.25) is 0 Å². The Morgan fingerprint density at radius 2 is 2.13 bits per heavy atom. The van der Waals surface area contributed by atoms with Crippen LogP contribution < -0.4 is 11.1 Å². The van der Waals surface area contributed by atoms with Gasteiger partial charge in [-0.2, -0.15) is 13.2 Å². The van der Waals surface area contributed by atoms with Crippen molar-refractivity contribution >= 4 is 28.6 Å². The van der Waals surface area contributed by atoms with Crippen LogP contribution in [0.25, 0.3) is 0 Å². The number of amides is 1. The Bertz CT molecular complexity index is 1080. The maximum Gasteiger partial charge on any atom is 0.416 e. The van der Waals surface area contributed by atoms with Crippen LogP contribution in [-0.2, 0) is 25.7 Å². The van der Waals surface area contributed by atoms with E-state index in [2.05, 4.69) is 15.2 Å². The second-order valence-electron chi connectivity index (χ2n) is 7.12. The highest BCUT2D eigenvalue weighted by Gasteiger charge is 2.31. The van der Waals surface area contributed by atoms with Crippen LogP contribution in [0.15, 0.2) is 48.1 Å². The lowest BCUT2D eigenvalue weighted by atomic mass is 10.0. The number of anilines is 2. The molecule has 3 aromatic rings. The molecule has 0 unspecified atom stereocenters. The fraction of sp³-hybridized carbons (Fsp3) is 0.238. The zero-order valence-electron chi connectivity index (χ0n) is 15.9. The van der Waals surface area contributed by atoms with Crippen molar-refractivity contribution in [3.8, 4) is 0 Å². The Morgan fingerprint density at radius 1 is 1.30 bits per heavy atom. The van der Waals surface area contributed by atoms with Gasteiger partial charge in [0, 0.05) is 59.2 Å². The maximum absolute atomic E-state index is 12.9. The average Bonchev–Trinajstić information content (AvgIpc) is 3.13. The number of thiophene rings is 1. The maximum atomic E-state index is 12.9. The summed E-state index contributed by atoms with van der Waals surface area (Å²) in [5.41, 5.74) is 8.47. The minimum atomic E-state index is -4.45. The molecule has 1 aliphatic rings. The molecular weight excluding hydrogens is 413 g/mol. The number of aromatic nitrogens is 1. The molecule has 5 nitrogen and oxygen atoms in total. The van der Waals surface area contributed by atoms with Crippen molar-refractivity contribution in [2.75, 3.05) is 17.6 Å². The summed E-state index contributed by atoms with van der Waals surface area (Å²) in [4.78, 5) is 20.1. The number of pyridine rings is 1. The van der Waals surface area contributed by atoms with E-state index < -0.39 is 17.6 Å². The lowest BCUT2D eigenvalue weighted by Gasteiger charge is -2.27. The van der Waals surface area contributed by atoms with Gasteiger partial charge < -0.3 is 11.1 Å². The number of nitrogen functional groups attached to an aromatic ring is 1. The van der Waals surface area contributed by atoms with Crippen LogP contribution in [0.4, 0.5) is 24.5 Å². The number of halogens is 3. The van der Waals surface area contributed by atoms with E-state index >= 15 is 0 Å². The van der Waals surface area contributed by atoms with E-state index in [1.54, 1.807) is 23.8 Å². The van der Waals surface area contributed by atoms with Crippen molar-refractivity contribution in [3.63, 3.8) is 0 Å². The number of hydrogen-bond acceptors (Lipinski definition) is 5. The van der Waals surface area contributed by atoms with Gasteiger partial charge in [0.1, 0.15) is 0 Å². The highest BCUT2D eigenvalue weighted by atomic mass is 32.1. The van der Waals surface area contributed by atoms with Crippen molar-refractivity contribution in [2.45, 2.75) is 25.7 Å². The molecule has 0 radical (unpaired) electrons. The molecule has 156 valence electrons. The Labute approximate surface area is 175 Å². The van der Waals surface area contributed by atoms with E-state index in [0.29, 0.717) is 30.8 Å². The van der Waals surface area contributed by atoms with Gasteiger partial charge in [0.05, 0.1) is 11.1 Å². The lowest BCUT2D eigenvalue weighted by Crippen LogP contribution is -2.30. The number of nitrogens with zero attached hydrogens (tertiary/aromatic N) is 2. The van der Waals surface area contributed by atoms with E-state index in [1.807, 2.05) is 0 Å². The first-order chi connectivity index (χ1) is 14.3. The zero-order chi connectivity index (χ0) is 21.3. The topological polar surface area (TPSA) is 71.2 Å². The summed E-state index contributed by atoms with van der Waals surface area (Å²) >= 11 is 1.49. The second kappa shape index (κ2) is 8.08. The number of nitrogens with one attached hydrogen (secondary N) is 1. The quantitative estimate of drug-likeness (QED) is 0.634. The van der Waals surface area contributed by atoms with Gasteiger partial charge in [-0.1, -0.05) is 6.07 Å². The van der Waals surface area contributed by atoms with E-state index in [9.17, 15) is 18.0 Å². The van der Waals surface area contributed by atoms with Crippen LogP contribution in [0, 0.1) is 0 Å². The zero-order valence-corrected chi connectivity index (χ0v) is 16.7. The molecule has 0 bridgehead atoms. The summed E-state index contributed by atoms with van der Waals surface area (Å²) in [5.74, 6) is -0.392. The molecule has 0 fully saturated rings. The molecular formula is C21H19F3N4OS. The van der Waals surface area contributed by atoms with Gasteiger partial charge in [-0.3, -0.25) is 14.7 Å². The van der Waals surface area contributed by atoms with E-state index in [4.69, 9.17) is 5.73 Å². The molecule has 0 saturated carbocycles. The van der Waals surface area contributed by atoms with Gasteiger partial charge >= 0.3 is 6.18 Å². The Morgan fingerprint density at radius 3 is 2.90 bits per heavy atom. The predicted octanol–water partition coefficient (Wildman–Crippen LogP) is 4.55. The number of hydrogen-bond donors (Lipinski definition) is 2. The summed E-state index contributed by atoms with van der Waals surface area (Å²) in [7, 11) is 0. The third kappa shape index (κ3) is 4.31. The second-order valence-corrected chi connectivity index (χ2v) is 8.08. The standard InChI is InChI=1S/C21H19F3N4OS/c22-21(23,24)14-2-1-3-15(8-14)27-20(29)17-12-30-19-11-28(7-5-16(17)19)10-13-9-26-6-4-18(13)25/h1-4,6,8-9,12H,5,7,10-11H2,(H2,25,26)(H,27,29). The van der Waals surface area contributed by atoms with Gasteiger partial charge in [0.15, 0.2) is 0 Å². The molecule has 3 N–H and O–H groups in total. The van der Waals surface area contributed by atoms with Gasteiger partial charge in [0.25, 0.3) is 5.91 Å². The van der Waals surface area contributed by atoms with Crippen LogP contribution in [0.5, 0.6) is 0 Å². The number of benzene rings is 1. The summed E-state index contributed by atoms with van der Waals surface area (Å²) in [5, 5.41) is 4.37. The number of alkyl halides is 3. The van der Waals surface area contributed by atoms with Crippen molar-refractivity contribution < 1.29 is 18.0 Å². The third-order valence-electron chi connectivity index (χ3n) is 5.05. The monoisotopic (exact) mass is 432 g/mol. The third-order valence-corrected chi connectivity index (χ3v) is 6.07. The summed E-state index contributed by atoms with van der Waals surface area (Å²) in [6, 6.07) is 6.42. The van der Waals surface area contributed by atoms with Gasteiger partial charge in [-0.05, 0) is 36.2 Å². The molecule has 2 aromatic heterocycles. The molecule has 4 rings (SSSR count). The molecule has 1 aliphatic heterocycles. The largest absolute Gasteiger partial charge is 0.416 e. The van der Waals surface area contributed by atoms with Gasteiger partial charge in [0.2, 0.25) is 0 Å². The van der Waals surface area contributed by atoms with Crippen LogP contribution in [0.3, 0.4) is 0 Å². The summed E-state index contributed by atoms with van der Waals surface area (Å²) in [6.45, 7) is 2.11. The highest BCUT2D eigenvalue weighted by molar-refractivity contribution is 7.10. The molecule has 3 heterocycles. The van der Waals surface area contributed by atoms with E-state index in [1.165, 1.54) is 23.5 Å². The molecule has 0 aliphatic carbocycles. The minimum absolute atomic E-state index is 0.124. The normalized spacial score (nSPS) is 14.4. The number of rotatable bonds is 4. The van der Waals surface area contributed by atoms with Gasteiger partial charge in [-0.25, -0.2) is 0 Å². The Kier molecular flexibility index (Phi) is 5.48. The van der Waals surface area contributed by atoms with Gasteiger partial charge in [-0.15, -0.1) is 11.3 Å². The van der Waals surface area contributed by atoms with Crippen molar-refractivity contribution in [1.82, 2.24) is 9.88 Å². The fourth-order valence-corrected chi connectivity index (χ4v) is 4.61. The SMILES string of the molecule is Nc1ccncc1CN1CCc2c(C(=O)Nc3cccc(C(F)(F)F)c3)csc2C1. The fourth-order valence-electron chi connectivity index (χ4n) is 3.49. The van der Waals surface area contributed by atoms with Crippen LogP contribution in [-0.4, -0.2) is 22.3 Å². The van der Waals surface area contributed by atoms with Crippen molar-refractivity contribution in [3.05, 3.63) is 75.2 Å².